The van der Waals surface area contributed by atoms with E-state index in [1.807, 2.05) is 6.20 Å². The summed E-state index contributed by atoms with van der Waals surface area (Å²) in [6.07, 6.45) is 4.24. The molecular formula is C11H11N3OS. The topological polar surface area (TPSA) is 54.9 Å². The molecule has 0 aliphatic rings. The number of carbonyl (C=O) groups excluding carboxylic acids is 1. The van der Waals surface area contributed by atoms with Crippen LogP contribution in [0.1, 0.15) is 15.4 Å². The first-order chi connectivity index (χ1) is 7.86. The summed E-state index contributed by atoms with van der Waals surface area (Å²) in [5, 5.41) is 2.81. The maximum Gasteiger partial charge on any atom is 0.269 e. The number of nitrogens with zero attached hydrogens (tertiary/aromatic N) is 2. The van der Waals surface area contributed by atoms with Gasteiger partial charge in [-0.05, 0) is 12.1 Å². The lowest BCUT2D eigenvalue weighted by Gasteiger charge is -2.02. The molecule has 1 N–H and O–H groups in total. The van der Waals surface area contributed by atoms with Crippen molar-refractivity contribution in [2.24, 2.45) is 0 Å². The molecule has 0 saturated carbocycles. The van der Waals surface area contributed by atoms with Crippen molar-refractivity contribution in [1.82, 2.24) is 15.3 Å². The Morgan fingerprint density at radius 2 is 2.38 bits per heavy atom. The first-order valence-electron chi connectivity index (χ1n) is 4.93. The Hall–Kier alpha value is -1.75. The smallest absolute Gasteiger partial charge is 0.269 e. The molecule has 2 heterocycles. The first-order valence-corrected chi connectivity index (χ1v) is 5.81. The van der Waals surface area contributed by atoms with Crippen LogP contribution in [0.2, 0.25) is 0 Å². The third-order valence-electron chi connectivity index (χ3n) is 2.04. The quantitative estimate of drug-likeness (QED) is 0.871. The van der Waals surface area contributed by atoms with E-state index in [1.165, 1.54) is 4.88 Å². The molecule has 0 atom stereocenters. The summed E-state index contributed by atoms with van der Waals surface area (Å²) in [4.78, 5) is 20.7. The Morgan fingerprint density at radius 3 is 3.06 bits per heavy atom. The molecule has 0 saturated heterocycles. The zero-order valence-corrected chi connectivity index (χ0v) is 9.41. The van der Waals surface area contributed by atoms with Gasteiger partial charge in [-0.15, -0.1) is 11.3 Å². The van der Waals surface area contributed by atoms with E-state index < -0.39 is 0 Å². The van der Waals surface area contributed by atoms with Crippen molar-refractivity contribution in [1.29, 1.82) is 0 Å². The molecule has 82 valence electrons. The van der Waals surface area contributed by atoms with Gasteiger partial charge < -0.3 is 5.32 Å². The van der Waals surface area contributed by atoms with Crippen LogP contribution in [0.5, 0.6) is 0 Å². The van der Waals surface area contributed by atoms with Gasteiger partial charge in [-0.1, -0.05) is 6.07 Å². The monoisotopic (exact) mass is 233 g/mol. The minimum atomic E-state index is -0.134. The minimum Gasteiger partial charge on any atom is -0.350 e. The standard InChI is InChI=1S/C11H11N3OS/c15-11(10-3-1-2-5-13-10)14-6-4-9-7-12-8-16-9/h1-3,5,7-8H,4,6H2,(H,14,15). The largest absolute Gasteiger partial charge is 0.350 e. The van der Waals surface area contributed by atoms with Crippen LogP contribution in [0.25, 0.3) is 0 Å². The van der Waals surface area contributed by atoms with Crippen molar-refractivity contribution in [2.75, 3.05) is 6.54 Å². The van der Waals surface area contributed by atoms with Gasteiger partial charge in [0.15, 0.2) is 0 Å². The summed E-state index contributed by atoms with van der Waals surface area (Å²) in [6.45, 7) is 0.609. The molecule has 0 radical (unpaired) electrons. The van der Waals surface area contributed by atoms with Gasteiger partial charge in [0.2, 0.25) is 0 Å². The van der Waals surface area contributed by atoms with Crippen LogP contribution in [0.4, 0.5) is 0 Å². The van der Waals surface area contributed by atoms with Crippen molar-refractivity contribution < 1.29 is 4.79 Å². The fourth-order valence-corrected chi connectivity index (χ4v) is 1.85. The summed E-state index contributed by atoms with van der Waals surface area (Å²) in [6, 6.07) is 5.28. The fraction of sp³-hybridized carbons (Fsp3) is 0.182. The second kappa shape index (κ2) is 5.37. The lowest BCUT2D eigenvalue weighted by Crippen LogP contribution is -2.26. The van der Waals surface area contributed by atoms with Crippen molar-refractivity contribution in [3.05, 3.63) is 46.7 Å². The summed E-state index contributed by atoms with van der Waals surface area (Å²) in [5.41, 5.74) is 2.24. The molecule has 0 fully saturated rings. The van der Waals surface area contributed by atoms with Gasteiger partial charge in [0, 0.05) is 30.2 Å². The third-order valence-corrected chi connectivity index (χ3v) is 2.88. The highest BCUT2D eigenvalue weighted by molar-refractivity contribution is 7.09. The second-order valence-corrected chi connectivity index (χ2v) is 4.16. The minimum absolute atomic E-state index is 0.134. The fourth-order valence-electron chi connectivity index (χ4n) is 1.25. The Balaban J connectivity index is 1.81. The van der Waals surface area contributed by atoms with Gasteiger partial charge in [-0.2, -0.15) is 0 Å². The van der Waals surface area contributed by atoms with Crippen LogP contribution in [-0.4, -0.2) is 22.4 Å². The number of pyridine rings is 1. The molecule has 0 spiro atoms. The van der Waals surface area contributed by atoms with Gasteiger partial charge in [0.05, 0.1) is 5.51 Å². The molecule has 2 rings (SSSR count). The molecule has 0 aromatic carbocycles. The number of rotatable bonds is 4. The molecule has 5 heteroatoms. The van der Waals surface area contributed by atoms with E-state index in [9.17, 15) is 4.79 Å². The molecule has 0 bridgehead atoms. The van der Waals surface area contributed by atoms with Crippen molar-refractivity contribution in [3.8, 4) is 0 Å². The summed E-state index contributed by atoms with van der Waals surface area (Å²) in [7, 11) is 0. The molecule has 2 aromatic rings. The number of thiazole rings is 1. The highest BCUT2D eigenvalue weighted by atomic mass is 32.1. The average molecular weight is 233 g/mol. The van der Waals surface area contributed by atoms with E-state index >= 15 is 0 Å². The maximum atomic E-state index is 11.6. The van der Waals surface area contributed by atoms with Crippen LogP contribution in [0.15, 0.2) is 36.1 Å². The van der Waals surface area contributed by atoms with Crippen LogP contribution in [-0.2, 0) is 6.42 Å². The molecule has 16 heavy (non-hydrogen) atoms. The molecule has 0 aliphatic heterocycles. The van der Waals surface area contributed by atoms with E-state index in [4.69, 9.17) is 0 Å². The molecule has 0 aliphatic carbocycles. The highest BCUT2D eigenvalue weighted by Crippen LogP contribution is 2.05. The number of aromatic nitrogens is 2. The van der Waals surface area contributed by atoms with Crippen molar-refractivity contribution >= 4 is 17.2 Å². The Bertz CT molecular complexity index is 442. The van der Waals surface area contributed by atoms with E-state index in [2.05, 4.69) is 15.3 Å². The van der Waals surface area contributed by atoms with Crippen LogP contribution >= 0.6 is 11.3 Å². The lowest BCUT2D eigenvalue weighted by atomic mass is 10.3. The number of nitrogens with one attached hydrogen (secondary N) is 1. The molecule has 0 unspecified atom stereocenters. The van der Waals surface area contributed by atoms with Crippen LogP contribution in [0.3, 0.4) is 0 Å². The Morgan fingerprint density at radius 1 is 1.44 bits per heavy atom. The van der Waals surface area contributed by atoms with Crippen LogP contribution in [0, 0.1) is 0 Å². The lowest BCUT2D eigenvalue weighted by molar-refractivity contribution is 0.0949. The molecule has 2 aromatic heterocycles. The number of carbonyl (C=O) groups is 1. The highest BCUT2D eigenvalue weighted by Gasteiger charge is 2.04. The summed E-state index contributed by atoms with van der Waals surface area (Å²) < 4.78 is 0. The first kappa shape index (κ1) is 10.8. The average Bonchev–Trinajstić information content (AvgIpc) is 2.83. The Labute approximate surface area is 97.4 Å². The summed E-state index contributed by atoms with van der Waals surface area (Å²) >= 11 is 1.59. The second-order valence-electron chi connectivity index (χ2n) is 3.19. The normalized spacial score (nSPS) is 10.0. The van der Waals surface area contributed by atoms with E-state index in [1.54, 1.807) is 41.2 Å². The molecule has 4 nitrogen and oxygen atoms in total. The predicted molar refractivity (Wildman–Crippen MR) is 62.4 cm³/mol. The SMILES string of the molecule is O=C(NCCc1cncs1)c1ccccn1. The van der Waals surface area contributed by atoms with Gasteiger partial charge >= 0.3 is 0 Å². The Kier molecular flexibility index (Phi) is 3.61. The molecular weight excluding hydrogens is 222 g/mol. The predicted octanol–water partition coefficient (Wildman–Crippen LogP) is 1.51. The van der Waals surface area contributed by atoms with E-state index in [0.29, 0.717) is 12.2 Å². The van der Waals surface area contributed by atoms with Crippen molar-refractivity contribution in [3.63, 3.8) is 0 Å². The maximum absolute atomic E-state index is 11.6. The zero-order valence-electron chi connectivity index (χ0n) is 8.59. The van der Waals surface area contributed by atoms with Gasteiger partial charge in [-0.25, -0.2) is 0 Å². The number of hydrogen-bond acceptors (Lipinski definition) is 4. The van der Waals surface area contributed by atoms with Gasteiger partial charge in [-0.3, -0.25) is 14.8 Å². The van der Waals surface area contributed by atoms with Gasteiger partial charge in [0.25, 0.3) is 5.91 Å². The summed E-state index contributed by atoms with van der Waals surface area (Å²) in [5.74, 6) is -0.134. The van der Waals surface area contributed by atoms with E-state index in [0.717, 1.165) is 6.42 Å². The van der Waals surface area contributed by atoms with Gasteiger partial charge in [0.1, 0.15) is 5.69 Å². The number of hydrogen-bond donors (Lipinski definition) is 1. The molecule has 1 amide bonds. The zero-order chi connectivity index (χ0) is 11.2. The van der Waals surface area contributed by atoms with Crippen molar-refractivity contribution in [2.45, 2.75) is 6.42 Å². The van der Waals surface area contributed by atoms with E-state index in [-0.39, 0.29) is 5.91 Å². The van der Waals surface area contributed by atoms with Crippen LogP contribution < -0.4 is 5.32 Å². The third kappa shape index (κ3) is 2.87. The number of amides is 1.